The molecule has 0 bridgehead atoms. The molecule has 0 spiro atoms. The van der Waals surface area contributed by atoms with Crippen LogP contribution in [0.4, 0.5) is 0 Å². The van der Waals surface area contributed by atoms with E-state index in [0.29, 0.717) is 41.3 Å². The second-order valence-corrected chi connectivity index (χ2v) is 8.57. The Hall–Kier alpha value is -3.52. The topological polar surface area (TPSA) is 89.7 Å². The van der Waals surface area contributed by atoms with E-state index in [1.807, 2.05) is 21.0 Å². The van der Waals surface area contributed by atoms with Crippen molar-refractivity contribution in [3.63, 3.8) is 0 Å². The molecule has 1 unspecified atom stereocenters. The van der Waals surface area contributed by atoms with Crippen molar-refractivity contribution in [1.29, 1.82) is 0 Å². The van der Waals surface area contributed by atoms with E-state index < -0.39 is 17.7 Å². The summed E-state index contributed by atoms with van der Waals surface area (Å²) in [6.45, 7) is 3.03. The lowest BCUT2D eigenvalue weighted by Crippen LogP contribution is -3.05. The Kier molecular flexibility index (Phi) is 7.83. The van der Waals surface area contributed by atoms with Gasteiger partial charge in [0.15, 0.2) is 11.5 Å². The van der Waals surface area contributed by atoms with Crippen molar-refractivity contribution in [2.24, 2.45) is 0 Å². The molecule has 1 amide bonds. The zero-order valence-corrected chi connectivity index (χ0v) is 20.6. The van der Waals surface area contributed by atoms with Gasteiger partial charge in [-0.05, 0) is 36.8 Å². The summed E-state index contributed by atoms with van der Waals surface area (Å²) in [4.78, 5) is 29.2. The molecule has 0 aliphatic carbocycles. The van der Waals surface area contributed by atoms with Gasteiger partial charge in [-0.2, -0.15) is 0 Å². The van der Waals surface area contributed by atoms with E-state index in [0.717, 1.165) is 12.1 Å². The highest BCUT2D eigenvalue weighted by Gasteiger charge is 2.47. The lowest BCUT2D eigenvalue weighted by Gasteiger charge is -2.27. The number of carbonyl (C=O) groups excluding carboxylic acids is 2. The number of ether oxygens (including phenoxy) is 3. The number of quaternary nitrogens is 1. The molecule has 182 valence electrons. The number of Topliss-reactive ketones (excluding diaryl/α,β-unsaturated/α-hetero) is 1. The second-order valence-electron chi connectivity index (χ2n) is 8.57. The van der Waals surface area contributed by atoms with Gasteiger partial charge >= 0.3 is 0 Å². The molecule has 1 heterocycles. The Labute approximate surface area is 200 Å². The predicted molar refractivity (Wildman–Crippen MR) is 129 cm³/mol. The Morgan fingerprint density at radius 2 is 1.74 bits per heavy atom. The fraction of sp³-hybridized carbons (Fsp3) is 0.385. The predicted octanol–water partition coefficient (Wildman–Crippen LogP) is 1.98. The average Bonchev–Trinajstić information content (AvgIpc) is 3.07. The maximum atomic E-state index is 13.3. The fourth-order valence-corrected chi connectivity index (χ4v) is 4.35. The maximum absolute atomic E-state index is 13.3. The number of aliphatic hydroxyl groups is 1. The number of amides is 1. The minimum Gasteiger partial charge on any atom is -0.507 e. The molecule has 8 nitrogen and oxygen atoms in total. The van der Waals surface area contributed by atoms with E-state index in [9.17, 15) is 14.7 Å². The molecular weight excluding hydrogens is 436 g/mol. The first-order chi connectivity index (χ1) is 16.2. The number of carbonyl (C=O) groups is 2. The Bertz CT molecular complexity index is 1110. The molecule has 3 rings (SSSR count). The van der Waals surface area contributed by atoms with Crippen LogP contribution in [-0.4, -0.2) is 70.2 Å². The van der Waals surface area contributed by atoms with Crippen LogP contribution in [-0.2, 0) is 9.59 Å². The minimum atomic E-state index is -0.815. The number of rotatable bonds is 9. The number of aliphatic hydroxyl groups excluding tert-OH is 1. The van der Waals surface area contributed by atoms with Gasteiger partial charge in [0.25, 0.3) is 11.7 Å². The number of nitrogens with one attached hydrogen (secondary N) is 1. The largest absolute Gasteiger partial charge is 0.507 e. The SMILES string of the molecule is COc1ccc(C(O)=C2C(=O)C(=O)N(CCC[NH+](C)C)C2c2cccc(OC)c2OC)cc1C. The number of likely N-dealkylation sites (tertiary alicyclic amines) is 1. The van der Waals surface area contributed by atoms with Crippen molar-refractivity contribution in [3.05, 3.63) is 58.7 Å². The van der Waals surface area contributed by atoms with Crippen molar-refractivity contribution in [2.75, 3.05) is 48.5 Å². The lowest BCUT2D eigenvalue weighted by molar-refractivity contribution is -0.858. The highest BCUT2D eigenvalue weighted by atomic mass is 16.5. The van der Waals surface area contributed by atoms with Gasteiger partial charge in [0.2, 0.25) is 0 Å². The van der Waals surface area contributed by atoms with Crippen molar-refractivity contribution in [2.45, 2.75) is 19.4 Å². The van der Waals surface area contributed by atoms with Crippen LogP contribution in [0.25, 0.3) is 5.76 Å². The highest BCUT2D eigenvalue weighted by Crippen LogP contribution is 2.45. The van der Waals surface area contributed by atoms with E-state index in [-0.39, 0.29) is 11.3 Å². The number of methoxy groups -OCH3 is 3. The number of para-hydroxylation sites is 1. The van der Waals surface area contributed by atoms with Gasteiger partial charge in [-0.3, -0.25) is 9.59 Å². The maximum Gasteiger partial charge on any atom is 0.295 e. The summed E-state index contributed by atoms with van der Waals surface area (Å²) in [5.41, 5.74) is 1.83. The standard InChI is InChI=1S/C26H32N2O6/c1-16-15-17(11-12-19(16)32-4)23(29)21-22(18-9-7-10-20(33-5)25(18)34-6)28(26(31)24(21)30)14-8-13-27(2)3/h7,9-12,15,22,29H,8,13-14H2,1-6H3/p+1. The zero-order chi connectivity index (χ0) is 25.0. The zero-order valence-electron chi connectivity index (χ0n) is 20.6. The molecule has 2 aromatic rings. The molecule has 1 atom stereocenters. The number of nitrogens with zero attached hydrogens (tertiary/aromatic N) is 1. The molecule has 2 N–H and O–H groups in total. The number of benzene rings is 2. The van der Waals surface area contributed by atoms with Gasteiger partial charge < -0.3 is 29.1 Å². The van der Waals surface area contributed by atoms with Crippen LogP contribution < -0.4 is 19.1 Å². The first kappa shape index (κ1) is 25.1. The summed E-state index contributed by atoms with van der Waals surface area (Å²) in [6, 6.07) is 9.62. The van der Waals surface area contributed by atoms with Gasteiger partial charge in [0.1, 0.15) is 11.5 Å². The van der Waals surface area contributed by atoms with Crippen LogP contribution >= 0.6 is 0 Å². The van der Waals surface area contributed by atoms with Crippen molar-refractivity contribution in [3.8, 4) is 17.2 Å². The molecule has 0 saturated carbocycles. The summed E-state index contributed by atoms with van der Waals surface area (Å²) < 4.78 is 16.4. The molecule has 0 aromatic heterocycles. The summed E-state index contributed by atoms with van der Waals surface area (Å²) in [5, 5.41) is 11.3. The summed E-state index contributed by atoms with van der Waals surface area (Å²) in [5.74, 6) is -0.0528. The van der Waals surface area contributed by atoms with Crippen LogP contribution in [0, 0.1) is 6.92 Å². The number of hydrogen-bond donors (Lipinski definition) is 2. The smallest absolute Gasteiger partial charge is 0.295 e. The van der Waals surface area contributed by atoms with Gasteiger partial charge in [0, 0.05) is 24.1 Å². The molecule has 1 fully saturated rings. The average molecular weight is 470 g/mol. The number of hydrogen-bond acceptors (Lipinski definition) is 6. The third kappa shape index (κ3) is 4.72. The molecule has 2 aromatic carbocycles. The Morgan fingerprint density at radius 1 is 1.03 bits per heavy atom. The van der Waals surface area contributed by atoms with Crippen LogP contribution in [0.1, 0.15) is 29.2 Å². The third-order valence-corrected chi connectivity index (χ3v) is 6.01. The fourth-order valence-electron chi connectivity index (χ4n) is 4.35. The van der Waals surface area contributed by atoms with Gasteiger partial charge in [0.05, 0.1) is 53.6 Å². The summed E-state index contributed by atoms with van der Waals surface area (Å²) >= 11 is 0. The van der Waals surface area contributed by atoms with E-state index in [2.05, 4.69) is 0 Å². The molecule has 8 heteroatoms. The first-order valence-electron chi connectivity index (χ1n) is 11.2. The van der Waals surface area contributed by atoms with Crippen LogP contribution in [0.15, 0.2) is 42.0 Å². The molecule has 1 aliphatic heterocycles. The van der Waals surface area contributed by atoms with E-state index in [4.69, 9.17) is 14.2 Å². The van der Waals surface area contributed by atoms with Gasteiger partial charge in [-0.1, -0.05) is 12.1 Å². The van der Waals surface area contributed by atoms with Gasteiger partial charge in [-0.15, -0.1) is 0 Å². The van der Waals surface area contributed by atoms with Gasteiger partial charge in [-0.25, -0.2) is 0 Å². The van der Waals surface area contributed by atoms with Crippen molar-refractivity contribution >= 4 is 17.4 Å². The Morgan fingerprint density at radius 3 is 2.32 bits per heavy atom. The van der Waals surface area contributed by atoms with E-state index in [1.165, 1.54) is 24.0 Å². The molecule has 1 saturated heterocycles. The summed E-state index contributed by atoms with van der Waals surface area (Å²) in [7, 11) is 8.66. The quantitative estimate of drug-likeness (QED) is 0.332. The van der Waals surface area contributed by atoms with E-state index in [1.54, 1.807) is 43.5 Å². The molecule has 34 heavy (non-hydrogen) atoms. The normalized spacial score (nSPS) is 17.4. The van der Waals surface area contributed by atoms with Crippen LogP contribution in [0.2, 0.25) is 0 Å². The number of ketones is 1. The highest BCUT2D eigenvalue weighted by molar-refractivity contribution is 6.46. The lowest BCUT2D eigenvalue weighted by atomic mass is 9.94. The first-order valence-corrected chi connectivity index (χ1v) is 11.2. The van der Waals surface area contributed by atoms with Crippen molar-refractivity contribution < 1.29 is 33.8 Å². The molecule has 1 aliphatic rings. The van der Waals surface area contributed by atoms with Crippen LogP contribution in [0.3, 0.4) is 0 Å². The van der Waals surface area contributed by atoms with E-state index >= 15 is 0 Å². The molecular formula is C26H33N2O6+. The molecule has 0 radical (unpaired) electrons. The monoisotopic (exact) mass is 469 g/mol. The minimum absolute atomic E-state index is 0.0262. The van der Waals surface area contributed by atoms with Crippen LogP contribution in [0.5, 0.6) is 17.2 Å². The second kappa shape index (κ2) is 10.6. The summed E-state index contributed by atoms with van der Waals surface area (Å²) in [6.07, 6.45) is 0.694. The third-order valence-electron chi connectivity index (χ3n) is 6.01. The Balaban J connectivity index is 2.21. The number of aryl methyl sites for hydroxylation is 1. The van der Waals surface area contributed by atoms with Crippen molar-refractivity contribution in [1.82, 2.24) is 4.90 Å².